The Kier molecular flexibility index (Phi) is 3.61. The Balaban J connectivity index is 1.92. The molecule has 0 bridgehead atoms. The van der Waals surface area contributed by atoms with E-state index in [1.54, 1.807) is 6.26 Å². The molecule has 0 fully saturated rings. The summed E-state index contributed by atoms with van der Waals surface area (Å²) in [5, 5.41) is 4.61. The Hall–Kier alpha value is -2.00. The number of fused-ring (bicyclic) bond motifs is 1. The molecule has 0 saturated carbocycles. The van der Waals surface area contributed by atoms with Gasteiger partial charge in [0.15, 0.2) is 0 Å². The van der Waals surface area contributed by atoms with Crippen LogP contribution in [0.5, 0.6) is 0 Å². The van der Waals surface area contributed by atoms with E-state index in [9.17, 15) is 0 Å². The molecule has 3 nitrogen and oxygen atoms in total. The van der Waals surface area contributed by atoms with Gasteiger partial charge < -0.3 is 14.2 Å². The van der Waals surface area contributed by atoms with Gasteiger partial charge in [0.05, 0.1) is 12.3 Å². The van der Waals surface area contributed by atoms with E-state index in [-0.39, 0.29) is 6.04 Å². The zero-order valence-electron chi connectivity index (χ0n) is 11.8. The van der Waals surface area contributed by atoms with Gasteiger partial charge >= 0.3 is 0 Å². The minimum absolute atomic E-state index is 0.138. The molecule has 1 N–H and O–H groups in total. The highest BCUT2D eigenvalue weighted by atomic mass is 16.3. The van der Waals surface area contributed by atoms with Crippen molar-refractivity contribution < 1.29 is 8.83 Å². The second-order valence-corrected chi connectivity index (χ2v) is 5.08. The van der Waals surface area contributed by atoms with Gasteiger partial charge in [0, 0.05) is 11.8 Å². The van der Waals surface area contributed by atoms with Crippen LogP contribution in [-0.4, -0.2) is 6.54 Å². The SMILES string of the molecule is CCNC(Cc1ccco1)c1cc2cc(C)ccc2o1. The first kappa shape index (κ1) is 13.0. The lowest BCUT2D eigenvalue weighted by Crippen LogP contribution is -2.22. The zero-order valence-corrected chi connectivity index (χ0v) is 11.8. The molecule has 1 atom stereocenters. The van der Waals surface area contributed by atoms with Crippen LogP contribution in [0.3, 0.4) is 0 Å². The van der Waals surface area contributed by atoms with E-state index in [1.165, 1.54) is 5.56 Å². The van der Waals surface area contributed by atoms with Gasteiger partial charge in [0.2, 0.25) is 0 Å². The van der Waals surface area contributed by atoms with Crippen LogP contribution in [0, 0.1) is 6.92 Å². The molecular weight excluding hydrogens is 250 g/mol. The summed E-state index contributed by atoms with van der Waals surface area (Å²) in [6.07, 6.45) is 2.50. The van der Waals surface area contributed by atoms with Crippen molar-refractivity contribution >= 4 is 11.0 Å². The van der Waals surface area contributed by atoms with E-state index in [2.05, 4.69) is 37.4 Å². The third-order valence-electron chi connectivity index (χ3n) is 3.47. The smallest absolute Gasteiger partial charge is 0.134 e. The van der Waals surface area contributed by atoms with Crippen molar-refractivity contribution in [2.75, 3.05) is 6.54 Å². The van der Waals surface area contributed by atoms with E-state index in [1.807, 2.05) is 18.2 Å². The summed E-state index contributed by atoms with van der Waals surface area (Å²) in [5.74, 6) is 1.93. The fourth-order valence-electron chi connectivity index (χ4n) is 2.50. The number of hydrogen-bond acceptors (Lipinski definition) is 3. The lowest BCUT2D eigenvalue weighted by molar-refractivity contribution is 0.401. The van der Waals surface area contributed by atoms with Crippen molar-refractivity contribution in [1.29, 1.82) is 0 Å². The third kappa shape index (κ3) is 2.63. The Bertz CT molecular complexity index is 682. The molecule has 104 valence electrons. The van der Waals surface area contributed by atoms with E-state index < -0.39 is 0 Å². The van der Waals surface area contributed by atoms with Gasteiger partial charge in [0.25, 0.3) is 0 Å². The van der Waals surface area contributed by atoms with Crippen molar-refractivity contribution in [2.45, 2.75) is 26.3 Å². The Morgan fingerprint density at radius 1 is 1.20 bits per heavy atom. The maximum Gasteiger partial charge on any atom is 0.134 e. The predicted molar refractivity (Wildman–Crippen MR) is 79.8 cm³/mol. The highest BCUT2D eigenvalue weighted by Gasteiger charge is 2.17. The fraction of sp³-hybridized carbons (Fsp3) is 0.294. The molecule has 1 aromatic carbocycles. The maximum atomic E-state index is 5.98. The zero-order chi connectivity index (χ0) is 13.9. The first-order chi connectivity index (χ1) is 9.76. The first-order valence-electron chi connectivity index (χ1n) is 7.02. The molecule has 1 unspecified atom stereocenters. The Labute approximate surface area is 118 Å². The van der Waals surface area contributed by atoms with E-state index in [4.69, 9.17) is 8.83 Å². The monoisotopic (exact) mass is 269 g/mol. The van der Waals surface area contributed by atoms with Gasteiger partial charge in [-0.25, -0.2) is 0 Å². The summed E-state index contributed by atoms with van der Waals surface area (Å²) in [6.45, 7) is 5.08. The number of likely N-dealkylation sites (N-methyl/N-ethyl adjacent to an activating group) is 1. The molecule has 3 aromatic rings. The highest BCUT2D eigenvalue weighted by molar-refractivity contribution is 5.78. The first-order valence-corrected chi connectivity index (χ1v) is 7.02. The molecule has 0 aliphatic heterocycles. The number of hydrogen-bond donors (Lipinski definition) is 1. The molecule has 2 aromatic heterocycles. The number of benzene rings is 1. The number of aryl methyl sites for hydroxylation is 1. The molecule has 2 heterocycles. The highest BCUT2D eigenvalue weighted by Crippen LogP contribution is 2.27. The number of nitrogens with one attached hydrogen (secondary N) is 1. The number of furan rings is 2. The van der Waals surface area contributed by atoms with Crippen molar-refractivity contribution in [2.24, 2.45) is 0 Å². The van der Waals surface area contributed by atoms with Gasteiger partial charge in [0.1, 0.15) is 17.1 Å². The lowest BCUT2D eigenvalue weighted by Gasteiger charge is -2.13. The van der Waals surface area contributed by atoms with Gasteiger partial charge in [-0.3, -0.25) is 0 Å². The number of rotatable bonds is 5. The van der Waals surface area contributed by atoms with Crippen LogP contribution in [0.2, 0.25) is 0 Å². The minimum atomic E-state index is 0.138. The van der Waals surface area contributed by atoms with Crippen LogP contribution in [0.1, 0.15) is 30.0 Å². The molecular formula is C17H19NO2. The van der Waals surface area contributed by atoms with Crippen LogP contribution in [0.25, 0.3) is 11.0 Å². The van der Waals surface area contributed by atoms with Crippen LogP contribution in [0.4, 0.5) is 0 Å². The Morgan fingerprint density at radius 3 is 2.85 bits per heavy atom. The fourth-order valence-corrected chi connectivity index (χ4v) is 2.50. The van der Waals surface area contributed by atoms with Crippen LogP contribution in [0.15, 0.2) is 51.5 Å². The van der Waals surface area contributed by atoms with Crippen molar-refractivity contribution in [3.8, 4) is 0 Å². The van der Waals surface area contributed by atoms with Gasteiger partial charge in [-0.1, -0.05) is 18.6 Å². The van der Waals surface area contributed by atoms with E-state index in [0.717, 1.165) is 35.5 Å². The summed E-state index contributed by atoms with van der Waals surface area (Å²) < 4.78 is 11.4. The quantitative estimate of drug-likeness (QED) is 0.753. The van der Waals surface area contributed by atoms with Crippen LogP contribution in [-0.2, 0) is 6.42 Å². The molecule has 0 radical (unpaired) electrons. The summed E-state index contributed by atoms with van der Waals surface area (Å²) in [4.78, 5) is 0. The van der Waals surface area contributed by atoms with E-state index >= 15 is 0 Å². The summed E-state index contributed by atoms with van der Waals surface area (Å²) in [5.41, 5.74) is 2.18. The molecule has 0 amide bonds. The van der Waals surface area contributed by atoms with Crippen LogP contribution < -0.4 is 5.32 Å². The van der Waals surface area contributed by atoms with Gasteiger partial charge in [-0.2, -0.15) is 0 Å². The average molecular weight is 269 g/mol. The Morgan fingerprint density at radius 2 is 2.10 bits per heavy atom. The topological polar surface area (TPSA) is 38.3 Å². The molecule has 3 heteroatoms. The molecule has 0 aliphatic rings. The predicted octanol–water partition coefficient (Wildman–Crippen LogP) is 4.23. The normalized spacial score (nSPS) is 12.9. The minimum Gasteiger partial charge on any atom is -0.469 e. The lowest BCUT2D eigenvalue weighted by atomic mass is 10.1. The third-order valence-corrected chi connectivity index (χ3v) is 3.47. The largest absolute Gasteiger partial charge is 0.469 e. The second kappa shape index (κ2) is 5.55. The average Bonchev–Trinajstić information content (AvgIpc) is 3.06. The van der Waals surface area contributed by atoms with Crippen LogP contribution >= 0.6 is 0 Å². The van der Waals surface area contributed by atoms with Gasteiger partial charge in [-0.15, -0.1) is 0 Å². The summed E-state index contributed by atoms with van der Waals surface area (Å²) in [7, 11) is 0. The van der Waals surface area contributed by atoms with E-state index in [0.29, 0.717) is 0 Å². The van der Waals surface area contributed by atoms with Crippen molar-refractivity contribution in [3.63, 3.8) is 0 Å². The second-order valence-electron chi connectivity index (χ2n) is 5.08. The van der Waals surface area contributed by atoms with Gasteiger partial charge in [-0.05, 0) is 43.8 Å². The summed E-state index contributed by atoms with van der Waals surface area (Å²) in [6, 6.07) is 12.4. The molecule has 0 aliphatic carbocycles. The molecule has 20 heavy (non-hydrogen) atoms. The maximum absolute atomic E-state index is 5.98. The molecule has 0 saturated heterocycles. The molecule has 3 rings (SSSR count). The van der Waals surface area contributed by atoms with Crippen molar-refractivity contribution in [1.82, 2.24) is 5.32 Å². The summed E-state index contributed by atoms with van der Waals surface area (Å²) >= 11 is 0. The van der Waals surface area contributed by atoms with Crippen molar-refractivity contribution in [3.05, 3.63) is 59.7 Å². The standard InChI is InChI=1S/C17H19NO2/c1-3-18-15(11-14-5-4-8-19-14)17-10-13-9-12(2)6-7-16(13)20-17/h4-10,15,18H,3,11H2,1-2H3. The molecule has 0 spiro atoms.